The number of hydrogen-bond donors (Lipinski definition) is 1. The van der Waals surface area contributed by atoms with Crippen LogP contribution in [0, 0.1) is 5.92 Å². The summed E-state index contributed by atoms with van der Waals surface area (Å²) in [5.74, 6) is -0.548. The molecule has 27 heavy (non-hydrogen) atoms. The van der Waals surface area contributed by atoms with Crippen molar-refractivity contribution in [1.29, 1.82) is 0 Å². The first-order valence-corrected chi connectivity index (χ1v) is 9.89. The van der Waals surface area contributed by atoms with Crippen LogP contribution in [0.1, 0.15) is 42.7 Å². The van der Waals surface area contributed by atoms with Crippen molar-refractivity contribution in [2.24, 2.45) is 5.92 Å². The highest BCUT2D eigenvalue weighted by Crippen LogP contribution is 2.36. The molecule has 4 nitrogen and oxygen atoms in total. The van der Waals surface area contributed by atoms with Gasteiger partial charge in [0.25, 0.3) is 0 Å². The van der Waals surface area contributed by atoms with E-state index >= 15 is 0 Å². The van der Waals surface area contributed by atoms with Crippen molar-refractivity contribution in [2.45, 2.75) is 38.4 Å². The number of thiophene rings is 1. The largest absolute Gasteiger partial charge is 0.419 e. The second-order valence-corrected chi connectivity index (χ2v) is 7.62. The highest BCUT2D eigenvalue weighted by molar-refractivity contribution is 7.10. The van der Waals surface area contributed by atoms with Gasteiger partial charge in [0.1, 0.15) is 5.82 Å². The van der Waals surface area contributed by atoms with E-state index in [0.717, 1.165) is 17.4 Å². The van der Waals surface area contributed by atoms with E-state index in [1.165, 1.54) is 12.3 Å². The van der Waals surface area contributed by atoms with Crippen LogP contribution in [0.3, 0.4) is 0 Å². The SMILES string of the molecule is CCC(NC(=O)C1CCCN(c2ncccc2C(F)(F)F)C1)c1cccs1. The van der Waals surface area contributed by atoms with Crippen molar-refractivity contribution in [3.8, 4) is 0 Å². The van der Waals surface area contributed by atoms with Gasteiger partial charge in [-0.2, -0.15) is 13.2 Å². The fourth-order valence-corrected chi connectivity index (χ4v) is 4.27. The van der Waals surface area contributed by atoms with Crippen LogP contribution in [0.4, 0.5) is 19.0 Å². The number of carbonyl (C=O) groups is 1. The second-order valence-electron chi connectivity index (χ2n) is 6.64. The fourth-order valence-electron chi connectivity index (χ4n) is 3.41. The number of amides is 1. The standard InChI is InChI=1S/C19H22F3N3OS/c1-2-15(16-8-5-11-27-16)24-18(26)13-6-4-10-25(12-13)17-14(19(20,21)22)7-3-9-23-17/h3,5,7-9,11,13,15H,2,4,6,10,12H2,1H3,(H,24,26). The Morgan fingerprint density at radius 2 is 2.22 bits per heavy atom. The molecule has 146 valence electrons. The van der Waals surface area contributed by atoms with Crippen molar-refractivity contribution < 1.29 is 18.0 Å². The number of rotatable bonds is 5. The summed E-state index contributed by atoms with van der Waals surface area (Å²) < 4.78 is 39.9. The third-order valence-electron chi connectivity index (χ3n) is 4.80. The molecule has 3 rings (SSSR count). The Balaban J connectivity index is 1.72. The number of hydrogen-bond acceptors (Lipinski definition) is 4. The molecular formula is C19H22F3N3OS. The highest BCUT2D eigenvalue weighted by atomic mass is 32.1. The van der Waals surface area contributed by atoms with E-state index in [1.54, 1.807) is 16.2 Å². The minimum absolute atomic E-state index is 0.0616. The Morgan fingerprint density at radius 3 is 2.89 bits per heavy atom. The number of halogens is 3. The van der Waals surface area contributed by atoms with Crippen molar-refractivity contribution in [2.75, 3.05) is 18.0 Å². The van der Waals surface area contributed by atoms with Crippen LogP contribution >= 0.6 is 11.3 Å². The summed E-state index contributed by atoms with van der Waals surface area (Å²) in [5.41, 5.74) is -0.754. The maximum atomic E-state index is 13.3. The van der Waals surface area contributed by atoms with Gasteiger partial charge in [0.15, 0.2) is 0 Å². The lowest BCUT2D eigenvalue weighted by Crippen LogP contribution is -2.44. The molecule has 8 heteroatoms. The number of alkyl halides is 3. The average molecular weight is 397 g/mol. The van der Waals surface area contributed by atoms with Gasteiger partial charge in [0, 0.05) is 24.2 Å². The summed E-state index contributed by atoms with van der Waals surface area (Å²) in [7, 11) is 0. The van der Waals surface area contributed by atoms with Gasteiger partial charge in [-0.25, -0.2) is 4.98 Å². The third-order valence-corrected chi connectivity index (χ3v) is 5.78. The first-order chi connectivity index (χ1) is 12.9. The van der Waals surface area contributed by atoms with Crippen LogP contribution in [-0.4, -0.2) is 24.0 Å². The minimum atomic E-state index is -4.47. The van der Waals surface area contributed by atoms with Crippen LogP contribution in [0.15, 0.2) is 35.8 Å². The number of pyridine rings is 1. The second kappa shape index (κ2) is 8.29. The van der Waals surface area contributed by atoms with Crippen molar-refractivity contribution >= 4 is 23.1 Å². The molecule has 1 aliphatic heterocycles. The van der Waals surface area contributed by atoms with E-state index in [-0.39, 0.29) is 30.2 Å². The fraction of sp³-hybridized carbons (Fsp3) is 0.474. The number of carbonyl (C=O) groups excluding carboxylic acids is 1. The summed E-state index contributed by atoms with van der Waals surface area (Å²) >= 11 is 1.59. The Morgan fingerprint density at radius 1 is 1.41 bits per heavy atom. The molecule has 2 unspecified atom stereocenters. The molecule has 2 aromatic heterocycles. The Kier molecular flexibility index (Phi) is 6.04. The first kappa shape index (κ1) is 19.7. The molecule has 0 radical (unpaired) electrons. The first-order valence-electron chi connectivity index (χ1n) is 9.01. The highest BCUT2D eigenvalue weighted by Gasteiger charge is 2.37. The van der Waals surface area contributed by atoms with Gasteiger partial charge in [0.2, 0.25) is 5.91 Å². The zero-order chi connectivity index (χ0) is 19.4. The molecule has 1 aliphatic rings. The number of aromatic nitrogens is 1. The Hall–Kier alpha value is -2.09. The van der Waals surface area contributed by atoms with Crippen LogP contribution < -0.4 is 10.2 Å². The summed E-state index contributed by atoms with van der Waals surface area (Å²) in [6.45, 7) is 2.71. The molecule has 0 saturated carbocycles. The maximum Gasteiger partial charge on any atom is 0.419 e. The monoisotopic (exact) mass is 397 g/mol. The quantitative estimate of drug-likeness (QED) is 0.799. The summed E-state index contributed by atoms with van der Waals surface area (Å²) in [5, 5.41) is 5.02. The predicted molar refractivity (Wildman–Crippen MR) is 99.7 cm³/mol. The number of nitrogens with zero attached hydrogens (tertiary/aromatic N) is 2. The van der Waals surface area contributed by atoms with Gasteiger partial charge in [-0.05, 0) is 42.8 Å². The van der Waals surface area contributed by atoms with Crippen LogP contribution in [0.25, 0.3) is 0 Å². The molecular weight excluding hydrogens is 375 g/mol. The van der Waals surface area contributed by atoms with E-state index in [9.17, 15) is 18.0 Å². The van der Waals surface area contributed by atoms with Gasteiger partial charge in [-0.1, -0.05) is 13.0 Å². The number of nitrogens with one attached hydrogen (secondary N) is 1. The molecule has 3 heterocycles. The number of anilines is 1. The molecule has 0 bridgehead atoms. The van der Waals surface area contributed by atoms with E-state index in [2.05, 4.69) is 10.3 Å². The molecule has 1 saturated heterocycles. The van der Waals surface area contributed by atoms with Gasteiger partial charge in [-0.3, -0.25) is 4.79 Å². The van der Waals surface area contributed by atoms with Crippen LogP contribution in [0.5, 0.6) is 0 Å². The zero-order valence-corrected chi connectivity index (χ0v) is 15.8. The van der Waals surface area contributed by atoms with Gasteiger partial charge >= 0.3 is 6.18 Å². The van der Waals surface area contributed by atoms with Gasteiger partial charge in [0.05, 0.1) is 17.5 Å². The van der Waals surface area contributed by atoms with Crippen molar-refractivity contribution in [3.63, 3.8) is 0 Å². The van der Waals surface area contributed by atoms with Gasteiger partial charge < -0.3 is 10.2 Å². The molecule has 0 aromatic carbocycles. The molecule has 2 atom stereocenters. The molecule has 1 fully saturated rings. The minimum Gasteiger partial charge on any atom is -0.355 e. The summed E-state index contributed by atoms with van der Waals surface area (Å²) in [6.07, 6.45) is -1.02. The molecule has 1 N–H and O–H groups in total. The van der Waals surface area contributed by atoms with Crippen molar-refractivity contribution in [1.82, 2.24) is 10.3 Å². The maximum absolute atomic E-state index is 13.3. The zero-order valence-electron chi connectivity index (χ0n) is 15.0. The van der Waals surface area contributed by atoms with Crippen molar-refractivity contribution in [3.05, 3.63) is 46.3 Å². The van der Waals surface area contributed by atoms with Gasteiger partial charge in [-0.15, -0.1) is 11.3 Å². The van der Waals surface area contributed by atoms with Crippen LogP contribution in [0.2, 0.25) is 0 Å². The molecule has 1 amide bonds. The Labute approximate surface area is 160 Å². The molecule has 2 aromatic rings. The van der Waals surface area contributed by atoms with E-state index in [1.807, 2.05) is 24.4 Å². The molecule has 0 aliphatic carbocycles. The number of piperidine rings is 1. The smallest absolute Gasteiger partial charge is 0.355 e. The normalized spacial score (nSPS) is 19.0. The van der Waals surface area contributed by atoms with E-state index < -0.39 is 11.7 Å². The summed E-state index contributed by atoms with van der Waals surface area (Å²) in [4.78, 5) is 19.4. The van der Waals surface area contributed by atoms with E-state index in [4.69, 9.17) is 0 Å². The lowest BCUT2D eigenvalue weighted by Gasteiger charge is -2.34. The molecule has 0 spiro atoms. The predicted octanol–water partition coefficient (Wildman–Crippen LogP) is 4.65. The Bertz CT molecular complexity index is 764. The lowest BCUT2D eigenvalue weighted by molar-refractivity contribution is -0.137. The third kappa shape index (κ3) is 4.61. The van der Waals surface area contributed by atoms with E-state index in [0.29, 0.717) is 19.4 Å². The lowest BCUT2D eigenvalue weighted by atomic mass is 9.96. The van der Waals surface area contributed by atoms with Crippen LogP contribution in [-0.2, 0) is 11.0 Å². The topological polar surface area (TPSA) is 45.2 Å². The average Bonchev–Trinajstić information content (AvgIpc) is 3.20. The summed E-state index contributed by atoms with van der Waals surface area (Å²) in [6, 6.07) is 6.18.